The Morgan fingerprint density at radius 1 is 1.24 bits per heavy atom. The highest BCUT2D eigenvalue weighted by molar-refractivity contribution is 7.21. The first-order valence-corrected chi connectivity index (χ1v) is 9.37. The average Bonchev–Trinajstić information content (AvgIpc) is 2.96. The molecule has 4 rings (SSSR count). The van der Waals surface area contributed by atoms with Gasteiger partial charge in [-0.25, -0.2) is 9.78 Å². The van der Waals surface area contributed by atoms with Crippen molar-refractivity contribution < 1.29 is 9.53 Å². The van der Waals surface area contributed by atoms with Gasteiger partial charge >= 0.3 is 5.97 Å². The second-order valence-electron chi connectivity index (χ2n) is 6.14. The Morgan fingerprint density at radius 2 is 1.96 bits per heavy atom. The van der Waals surface area contributed by atoms with Gasteiger partial charge in [0.05, 0.1) is 12.8 Å². The fraction of sp³-hybridized carbons (Fsp3) is 0.263. The van der Waals surface area contributed by atoms with E-state index in [1.54, 1.807) is 0 Å². The molecular weight excluding hydrogens is 356 g/mol. The van der Waals surface area contributed by atoms with Gasteiger partial charge in [-0.05, 0) is 54.5 Å². The third-order valence-corrected chi connectivity index (χ3v) is 5.99. The smallest absolute Gasteiger partial charge is 0.350 e. The third-order valence-electron chi connectivity index (χ3n) is 4.66. The van der Waals surface area contributed by atoms with E-state index in [2.05, 4.69) is 0 Å². The number of anilines is 1. The quantitative estimate of drug-likeness (QED) is 0.652. The number of methoxy groups -OCH3 is 1. The van der Waals surface area contributed by atoms with Crippen molar-refractivity contribution in [1.29, 1.82) is 0 Å². The molecule has 0 amide bonds. The zero-order valence-corrected chi connectivity index (χ0v) is 15.3. The van der Waals surface area contributed by atoms with Crippen molar-refractivity contribution in [3.05, 3.63) is 45.4 Å². The number of halogens is 1. The summed E-state index contributed by atoms with van der Waals surface area (Å²) < 4.78 is 4.88. The van der Waals surface area contributed by atoms with Gasteiger partial charge in [-0.3, -0.25) is 0 Å². The highest BCUT2D eigenvalue weighted by Gasteiger charge is 2.25. The number of aromatic nitrogens is 1. The van der Waals surface area contributed by atoms with E-state index in [1.165, 1.54) is 24.0 Å². The summed E-state index contributed by atoms with van der Waals surface area (Å²) in [5.41, 5.74) is 11.3. The van der Waals surface area contributed by atoms with Gasteiger partial charge in [-0.1, -0.05) is 23.7 Å². The molecule has 2 aromatic heterocycles. The number of hydrogen-bond acceptors (Lipinski definition) is 5. The number of ether oxygens (including phenoxy) is 1. The van der Waals surface area contributed by atoms with E-state index in [-0.39, 0.29) is 0 Å². The molecule has 2 heterocycles. The van der Waals surface area contributed by atoms with Crippen molar-refractivity contribution in [2.45, 2.75) is 25.7 Å². The molecule has 0 saturated heterocycles. The van der Waals surface area contributed by atoms with Crippen LogP contribution in [-0.2, 0) is 17.6 Å². The maximum Gasteiger partial charge on any atom is 0.350 e. The van der Waals surface area contributed by atoms with E-state index in [0.717, 1.165) is 52.7 Å². The first-order valence-electron chi connectivity index (χ1n) is 8.18. The number of aryl methyl sites for hydroxylation is 1. The van der Waals surface area contributed by atoms with E-state index in [4.69, 9.17) is 27.1 Å². The Kier molecular flexibility index (Phi) is 4.13. The van der Waals surface area contributed by atoms with Crippen molar-refractivity contribution in [2.24, 2.45) is 0 Å². The Morgan fingerprint density at radius 3 is 2.68 bits per heavy atom. The second kappa shape index (κ2) is 6.32. The van der Waals surface area contributed by atoms with Gasteiger partial charge in [0.15, 0.2) is 0 Å². The Hall–Kier alpha value is -2.11. The molecule has 0 spiro atoms. The maximum absolute atomic E-state index is 12.1. The van der Waals surface area contributed by atoms with Gasteiger partial charge < -0.3 is 10.5 Å². The number of nitrogen functional groups attached to an aromatic ring is 1. The monoisotopic (exact) mass is 372 g/mol. The average molecular weight is 373 g/mol. The van der Waals surface area contributed by atoms with Crippen molar-refractivity contribution in [3.8, 4) is 11.1 Å². The molecule has 1 aromatic carbocycles. The van der Waals surface area contributed by atoms with Crippen LogP contribution in [0.25, 0.3) is 21.3 Å². The van der Waals surface area contributed by atoms with Crippen LogP contribution in [0, 0.1) is 0 Å². The number of thiophene rings is 1. The molecule has 0 fully saturated rings. The Balaban J connectivity index is 2.08. The fourth-order valence-electron chi connectivity index (χ4n) is 3.49. The normalized spacial score (nSPS) is 13.7. The van der Waals surface area contributed by atoms with Crippen molar-refractivity contribution in [1.82, 2.24) is 4.98 Å². The first-order chi connectivity index (χ1) is 12.1. The predicted molar refractivity (Wildman–Crippen MR) is 102 cm³/mol. The number of nitrogens with two attached hydrogens (primary N) is 1. The summed E-state index contributed by atoms with van der Waals surface area (Å²) in [5.74, 6) is -0.416. The summed E-state index contributed by atoms with van der Waals surface area (Å²) in [4.78, 5) is 18.1. The zero-order chi connectivity index (χ0) is 17.6. The lowest BCUT2D eigenvalue weighted by atomic mass is 9.87. The molecule has 0 atom stereocenters. The van der Waals surface area contributed by atoms with Crippen LogP contribution in [0.3, 0.4) is 0 Å². The molecule has 0 radical (unpaired) electrons. The molecule has 4 nitrogen and oxygen atoms in total. The molecule has 25 heavy (non-hydrogen) atoms. The number of pyridine rings is 1. The van der Waals surface area contributed by atoms with Crippen molar-refractivity contribution in [2.75, 3.05) is 12.8 Å². The lowest BCUT2D eigenvalue weighted by molar-refractivity contribution is 0.0607. The molecule has 0 unspecified atom stereocenters. The molecule has 0 saturated carbocycles. The summed E-state index contributed by atoms with van der Waals surface area (Å²) in [6, 6.07) is 7.76. The van der Waals surface area contributed by atoms with Crippen LogP contribution in [0.1, 0.15) is 33.8 Å². The minimum atomic E-state index is -0.416. The second-order valence-corrected chi connectivity index (χ2v) is 7.58. The third kappa shape index (κ3) is 2.68. The van der Waals surface area contributed by atoms with E-state index in [1.807, 2.05) is 24.3 Å². The minimum Gasteiger partial charge on any atom is -0.465 e. The van der Waals surface area contributed by atoms with Gasteiger partial charge in [0.1, 0.15) is 9.71 Å². The molecule has 2 N–H and O–H groups in total. The fourth-order valence-corrected chi connectivity index (χ4v) is 4.65. The number of fused-ring (bicyclic) bond motifs is 2. The van der Waals surface area contributed by atoms with E-state index in [9.17, 15) is 4.79 Å². The highest BCUT2D eigenvalue weighted by atomic mass is 35.5. The summed E-state index contributed by atoms with van der Waals surface area (Å²) in [6.07, 6.45) is 4.20. The number of carbonyl (C=O) groups is 1. The standard InChI is InChI=1S/C19H17ClN2O2S/c1-24-19(23)17-16(21)15-14(10-6-8-11(20)9-7-10)12-4-2-3-5-13(12)22-18(15)25-17/h6-9H,2-5,21H2,1H3. The van der Waals surface area contributed by atoms with Crippen LogP contribution in [0.15, 0.2) is 24.3 Å². The number of rotatable bonds is 2. The Labute approximate surface area is 154 Å². The van der Waals surface area contributed by atoms with E-state index in [0.29, 0.717) is 15.6 Å². The number of hydrogen-bond donors (Lipinski definition) is 1. The largest absolute Gasteiger partial charge is 0.465 e. The van der Waals surface area contributed by atoms with Gasteiger partial charge in [0, 0.05) is 16.1 Å². The molecule has 1 aliphatic carbocycles. The van der Waals surface area contributed by atoms with Crippen molar-refractivity contribution >= 4 is 44.8 Å². The number of benzene rings is 1. The molecule has 128 valence electrons. The van der Waals surface area contributed by atoms with Gasteiger partial charge in [-0.15, -0.1) is 11.3 Å². The molecular formula is C19H17ClN2O2S. The summed E-state index contributed by atoms with van der Waals surface area (Å²) in [7, 11) is 1.37. The van der Waals surface area contributed by atoms with Crippen LogP contribution >= 0.6 is 22.9 Å². The first kappa shape index (κ1) is 16.4. The SMILES string of the molecule is COC(=O)c1sc2nc3c(c(-c4ccc(Cl)cc4)c2c1N)CCCC3. The van der Waals surface area contributed by atoms with Crippen LogP contribution in [0.2, 0.25) is 5.02 Å². The minimum absolute atomic E-state index is 0.416. The summed E-state index contributed by atoms with van der Waals surface area (Å²) >= 11 is 7.37. The van der Waals surface area contributed by atoms with Crippen molar-refractivity contribution in [3.63, 3.8) is 0 Å². The van der Waals surface area contributed by atoms with E-state index < -0.39 is 5.97 Å². The van der Waals surface area contributed by atoms with Gasteiger partial charge in [0.2, 0.25) is 0 Å². The van der Waals surface area contributed by atoms with Gasteiger partial charge in [-0.2, -0.15) is 0 Å². The number of nitrogens with zero attached hydrogens (tertiary/aromatic N) is 1. The lowest BCUT2D eigenvalue weighted by Gasteiger charge is -2.20. The predicted octanol–water partition coefficient (Wildman–Crippen LogP) is 4.86. The molecule has 1 aliphatic rings. The molecule has 6 heteroatoms. The van der Waals surface area contributed by atoms with Crippen LogP contribution in [0.5, 0.6) is 0 Å². The highest BCUT2D eigenvalue weighted by Crippen LogP contribution is 2.44. The molecule has 3 aromatic rings. The summed E-state index contributed by atoms with van der Waals surface area (Å²) in [5, 5.41) is 1.55. The number of esters is 1. The maximum atomic E-state index is 12.1. The van der Waals surface area contributed by atoms with Gasteiger partial charge in [0.25, 0.3) is 0 Å². The molecule has 0 bridgehead atoms. The van der Waals surface area contributed by atoms with Crippen LogP contribution in [-0.4, -0.2) is 18.1 Å². The van der Waals surface area contributed by atoms with Crippen LogP contribution in [0.4, 0.5) is 5.69 Å². The lowest BCUT2D eigenvalue weighted by Crippen LogP contribution is -2.08. The molecule has 0 aliphatic heterocycles. The summed E-state index contributed by atoms with van der Waals surface area (Å²) in [6.45, 7) is 0. The topological polar surface area (TPSA) is 65.2 Å². The van der Waals surface area contributed by atoms with Crippen LogP contribution < -0.4 is 5.73 Å². The van der Waals surface area contributed by atoms with E-state index >= 15 is 0 Å². The number of carbonyl (C=O) groups excluding carboxylic acids is 1. The zero-order valence-electron chi connectivity index (χ0n) is 13.8. The Bertz CT molecular complexity index is 979.